The van der Waals surface area contributed by atoms with E-state index in [4.69, 9.17) is 16.0 Å². The van der Waals surface area contributed by atoms with E-state index in [1.807, 2.05) is 26.0 Å². The second-order valence-electron chi connectivity index (χ2n) is 3.55. The molecule has 0 aliphatic carbocycles. The first kappa shape index (κ1) is 11.0. The Labute approximate surface area is 98.7 Å². The van der Waals surface area contributed by atoms with Gasteiger partial charge in [0.2, 0.25) is 5.28 Å². The van der Waals surface area contributed by atoms with Crippen LogP contribution in [-0.4, -0.2) is 9.97 Å². The van der Waals surface area contributed by atoms with E-state index in [1.54, 1.807) is 12.5 Å². The molecule has 16 heavy (non-hydrogen) atoms. The maximum Gasteiger partial charge on any atom is 0.224 e. The molecule has 0 aromatic carbocycles. The predicted molar refractivity (Wildman–Crippen MR) is 62.5 cm³/mol. The van der Waals surface area contributed by atoms with Gasteiger partial charge in [0.25, 0.3) is 0 Å². The van der Waals surface area contributed by atoms with Crippen molar-refractivity contribution in [2.24, 2.45) is 0 Å². The first-order valence-electron chi connectivity index (χ1n) is 4.96. The normalized spacial score (nSPS) is 12.4. The molecular weight excluding hydrogens is 226 g/mol. The average Bonchev–Trinajstić information content (AvgIpc) is 2.76. The van der Waals surface area contributed by atoms with Crippen LogP contribution < -0.4 is 5.32 Å². The molecule has 2 aromatic rings. The summed E-state index contributed by atoms with van der Waals surface area (Å²) in [5.41, 5.74) is 0.947. The summed E-state index contributed by atoms with van der Waals surface area (Å²) in [5, 5.41) is 3.46. The summed E-state index contributed by atoms with van der Waals surface area (Å²) in [5.74, 6) is 1.58. The molecule has 0 aliphatic heterocycles. The lowest BCUT2D eigenvalue weighted by Gasteiger charge is -2.13. The minimum absolute atomic E-state index is 0.0414. The van der Waals surface area contributed by atoms with Crippen molar-refractivity contribution in [1.29, 1.82) is 0 Å². The van der Waals surface area contributed by atoms with Gasteiger partial charge >= 0.3 is 0 Å². The summed E-state index contributed by atoms with van der Waals surface area (Å²) >= 11 is 5.74. The van der Waals surface area contributed by atoms with E-state index in [9.17, 15) is 0 Å². The van der Waals surface area contributed by atoms with E-state index in [2.05, 4.69) is 15.3 Å². The Kier molecular flexibility index (Phi) is 3.10. The molecule has 2 heterocycles. The second-order valence-corrected chi connectivity index (χ2v) is 3.89. The summed E-state index contributed by atoms with van der Waals surface area (Å²) in [4.78, 5) is 8.02. The highest BCUT2D eigenvalue weighted by Gasteiger charge is 2.10. The molecule has 0 bridgehead atoms. The maximum absolute atomic E-state index is 5.74. The SMILES string of the molecule is Cc1cnc(Cl)nc1NC(C)c1ccco1. The summed E-state index contributed by atoms with van der Waals surface area (Å²) in [6.45, 7) is 3.92. The summed E-state index contributed by atoms with van der Waals surface area (Å²) in [7, 11) is 0. The van der Waals surface area contributed by atoms with Gasteiger partial charge in [0.1, 0.15) is 11.6 Å². The van der Waals surface area contributed by atoms with Crippen molar-refractivity contribution in [3.63, 3.8) is 0 Å². The van der Waals surface area contributed by atoms with Gasteiger partial charge in [0.15, 0.2) is 0 Å². The van der Waals surface area contributed by atoms with Crippen LogP contribution in [0.2, 0.25) is 5.28 Å². The molecule has 0 amide bonds. The van der Waals surface area contributed by atoms with Crippen molar-refractivity contribution in [2.45, 2.75) is 19.9 Å². The molecule has 5 heteroatoms. The largest absolute Gasteiger partial charge is 0.467 e. The Morgan fingerprint density at radius 2 is 2.31 bits per heavy atom. The second kappa shape index (κ2) is 4.53. The number of aromatic nitrogens is 2. The van der Waals surface area contributed by atoms with E-state index in [-0.39, 0.29) is 11.3 Å². The van der Waals surface area contributed by atoms with Gasteiger partial charge in [-0.15, -0.1) is 0 Å². The van der Waals surface area contributed by atoms with Crippen molar-refractivity contribution in [3.05, 3.63) is 41.2 Å². The Bertz CT molecular complexity index is 470. The highest BCUT2D eigenvalue weighted by molar-refractivity contribution is 6.28. The molecule has 0 saturated carbocycles. The van der Waals surface area contributed by atoms with Crippen LogP contribution in [-0.2, 0) is 0 Å². The molecule has 1 unspecified atom stereocenters. The Morgan fingerprint density at radius 3 is 3.00 bits per heavy atom. The fourth-order valence-corrected chi connectivity index (χ4v) is 1.51. The van der Waals surface area contributed by atoms with Gasteiger partial charge < -0.3 is 9.73 Å². The van der Waals surface area contributed by atoms with E-state index >= 15 is 0 Å². The molecule has 0 spiro atoms. The number of hydrogen-bond acceptors (Lipinski definition) is 4. The van der Waals surface area contributed by atoms with Crippen LogP contribution in [0.25, 0.3) is 0 Å². The molecule has 0 saturated heterocycles. The minimum atomic E-state index is 0.0414. The van der Waals surface area contributed by atoms with Crippen LogP contribution in [0.3, 0.4) is 0 Å². The summed E-state index contributed by atoms with van der Waals surface area (Å²) in [6.07, 6.45) is 3.33. The zero-order valence-electron chi connectivity index (χ0n) is 9.07. The van der Waals surface area contributed by atoms with E-state index in [0.717, 1.165) is 17.1 Å². The fraction of sp³-hybridized carbons (Fsp3) is 0.273. The van der Waals surface area contributed by atoms with Gasteiger partial charge in [-0.1, -0.05) is 0 Å². The third kappa shape index (κ3) is 2.33. The Morgan fingerprint density at radius 1 is 1.50 bits per heavy atom. The smallest absolute Gasteiger partial charge is 0.224 e. The van der Waals surface area contributed by atoms with Gasteiger partial charge in [-0.3, -0.25) is 0 Å². The molecule has 84 valence electrons. The highest BCUT2D eigenvalue weighted by Crippen LogP contribution is 2.20. The molecular formula is C11H12ClN3O. The van der Waals surface area contributed by atoms with E-state index in [1.165, 1.54) is 0 Å². The maximum atomic E-state index is 5.74. The monoisotopic (exact) mass is 237 g/mol. The molecule has 1 N–H and O–H groups in total. The predicted octanol–water partition coefficient (Wildman–Crippen LogP) is 3.20. The number of nitrogens with one attached hydrogen (secondary N) is 1. The van der Waals surface area contributed by atoms with Gasteiger partial charge in [-0.25, -0.2) is 9.97 Å². The van der Waals surface area contributed by atoms with Gasteiger partial charge in [-0.05, 0) is 37.6 Å². The number of aryl methyl sites for hydroxylation is 1. The standard InChI is InChI=1S/C11H12ClN3O/c1-7-6-13-11(12)15-10(7)14-8(2)9-4-3-5-16-9/h3-6,8H,1-2H3,(H,13,14,15). The lowest BCUT2D eigenvalue weighted by atomic mass is 10.2. The fourth-order valence-electron chi connectivity index (χ4n) is 1.38. The van der Waals surface area contributed by atoms with Crippen molar-refractivity contribution in [2.75, 3.05) is 5.32 Å². The van der Waals surface area contributed by atoms with Crippen molar-refractivity contribution in [3.8, 4) is 0 Å². The summed E-state index contributed by atoms with van der Waals surface area (Å²) in [6, 6.07) is 3.81. The Balaban J connectivity index is 2.17. The van der Waals surface area contributed by atoms with Crippen LogP contribution in [0.4, 0.5) is 5.82 Å². The van der Waals surface area contributed by atoms with Crippen LogP contribution in [0.1, 0.15) is 24.3 Å². The van der Waals surface area contributed by atoms with Crippen LogP contribution in [0, 0.1) is 6.92 Å². The number of rotatable bonds is 3. The number of nitrogens with zero attached hydrogens (tertiary/aromatic N) is 2. The van der Waals surface area contributed by atoms with Crippen LogP contribution in [0.5, 0.6) is 0 Å². The topological polar surface area (TPSA) is 51.0 Å². The van der Waals surface area contributed by atoms with Crippen molar-refractivity contribution in [1.82, 2.24) is 9.97 Å². The molecule has 0 fully saturated rings. The lowest BCUT2D eigenvalue weighted by Crippen LogP contribution is -2.08. The number of hydrogen-bond donors (Lipinski definition) is 1. The minimum Gasteiger partial charge on any atom is -0.467 e. The third-order valence-corrected chi connectivity index (χ3v) is 2.45. The van der Waals surface area contributed by atoms with Crippen molar-refractivity contribution >= 4 is 17.4 Å². The number of anilines is 1. The molecule has 2 aromatic heterocycles. The third-order valence-electron chi connectivity index (χ3n) is 2.27. The average molecular weight is 238 g/mol. The van der Waals surface area contributed by atoms with Crippen LogP contribution in [0.15, 0.2) is 29.0 Å². The van der Waals surface area contributed by atoms with Crippen molar-refractivity contribution < 1.29 is 4.42 Å². The lowest BCUT2D eigenvalue weighted by molar-refractivity contribution is 0.490. The first-order valence-corrected chi connectivity index (χ1v) is 5.33. The molecule has 0 aliphatic rings. The van der Waals surface area contributed by atoms with Gasteiger partial charge in [-0.2, -0.15) is 0 Å². The molecule has 0 radical (unpaired) electrons. The number of halogens is 1. The van der Waals surface area contributed by atoms with Crippen LogP contribution >= 0.6 is 11.6 Å². The number of furan rings is 1. The van der Waals surface area contributed by atoms with Gasteiger partial charge in [0.05, 0.1) is 12.3 Å². The first-order chi connectivity index (χ1) is 7.66. The van der Waals surface area contributed by atoms with E-state index in [0.29, 0.717) is 0 Å². The summed E-state index contributed by atoms with van der Waals surface area (Å²) < 4.78 is 5.30. The molecule has 4 nitrogen and oxygen atoms in total. The van der Waals surface area contributed by atoms with Gasteiger partial charge in [0, 0.05) is 11.8 Å². The zero-order valence-corrected chi connectivity index (χ0v) is 9.82. The Hall–Kier alpha value is -1.55. The zero-order chi connectivity index (χ0) is 11.5. The van der Waals surface area contributed by atoms with E-state index < -0.39 is 0 Å². The highest BCUT2D eigenvalue weighted by atomic mass is 35.5. The molecule has 2 rings (SSSR count). The molecule has 1 atom stereocenters. The quantitative estimate of drug-likeness (QED) is 0.833.